The molecule has 1 heterocycles. The van der Waals surface area contributed by atoms with Crippen LogP contribution in [0.2, 0.25) is 0 Å². The zero-order chi connectivity index (χ0) is 12.7. The van der Waals surface area contributed by atoms with Crippen LogP contribution in [0.4, 0.5) is 0 Å². The maximum absolute atomic E-state index is 3.41. The van der Waals surface area contributed by atoms with Gasteiger partial charge >= 0.3 is 0 Å². The summed E-state index contributed by atoms with van der Waals surface area (Å²) in [4.78, 5) is 2.39. The third-order valence-electron chi connectivity index (χ3n) is 4.47. The highest BCUT2D eigenvalue weighted by molar-refractivity contribution is 5.75. The molecule has 2 heteroatoms. The highest BCUT2D eigenvalue weighted by Crippen LogP contribution is 2.43. The van der Waals surface area contributed by atoms with Crippen molar-refractivity contribution in [1.82, 2.24) is 10.2 Å². The van der Waals surface area contributed by atoms with Crippen LogP contribution in [-0.2, 0) is 6.54 Å². The Morgan fingerprint density at radius 1 is 1.33 bits per heavy atom. The second-order valence-corrected chi connectivity index (χ2v) is 5.68. The Morgan fingerprint density at radius 3 is 2.89 bits per heavy atom. The maximum Gasteiger partial charge on any atom is 0.0401 e. The fourth-order valence-electron chi connectivity index (χ4n) is 3.59. The number of nitrogens with one attached hydrogen (secondary N) is 1. The van der Waals surface area contributed by atoms with E-state index < -0.39 is 0 Å². The minimum absolute atomic E-state index is 0.629. The molecule has 0 fully saturated rings. The van der Waals surface area contributed by atoms with E-state index in [9.17, 15) is 0 Å². The van der Waals surface area contributed by atoms with Crippen molar-refractivity contribution in [1.29, 1.82) is 0 Å². The summed E-state index contributed by atoms with van der Waals surface area (Å²) in [6.07, 6.45) is 4.62. The van der Waals surface area contributed by atoms with Crippen molar-refractivity contribution in [3.63, 3.8) is 0 Å². The van der Waals surface area contributed by atoms with E-state index >= 15 is 0 Å². The summed E-state index contributed by atoms with van der Waals surface area (Å²) in [6, 6.07) is 7.45. The molecule has 96 valence electrons. The van der Waals surface area contributed by atoms with Crippen molar-refractivity contribution in [2.75, 3.05) is 14.1 Å². The molecular weight excluding hydrogens is 220 g/mol. The molecule has 18 heavy (non-hydrogen) atoms. The monoisotopic (exact) mass is 242 g/mol. The second-order valence-electron chi connectivity index (χ2n) is 5.68. The zero-order valence-electron chi connectivity index (χ0n) is 11.5. The van der Waals surface area contributed by atoms with E-state index in [-0.39, 0.29) is 0 Å². The first-order chi connectivity index (χ1) is 8.72. The van der Waals surface area contributed by atoms with Crippen LogP contribution in [0.1, 0.15) is 42.4 Å². The standard InChI is InChI=1S/C16H22N2/c1-4-13-14-7-5-6-11-9-17-10-12(16(11)14)8-15(13)18(2)3/h5-7,10,13,15,17H,4,8-9H2,1-3H3. The average molecular weight is 242 g/mol. The minimum Gasteiger partial charge on any atom is -0.387 e. The molecule has 1 aliphatic heterocycles. The predicted molar refractivity (Wildman–Crippen MR) is 76.4 cm³/mol. The van der Waals surface area contributed by atoms with Gasteiger partial charge in [0.15, 0.2) is 0 Å². The Morgan fingerprint density at radius 2 is 2.17 bits per heavy atom. The third-order valence-corrected chi connectivity index (χ3v) is 4.47. The molecule has 2 aliphatic rings. The lowest BCUT2D eigenvalue weighted by Gasteiger charge is -2.40. The number of likely N-dealkylation sites (N-methyl/N-ethyl adjacent to an activating group) is 1. The number of hydrogen-bond acceptors (Lipinski definition) is 2. The average Bonchev–Trinajstić information content (AvgIpc) is 2.39. The molecule has 0 radical (unpaired) electrons. The highest BCUT2D eigenvalue weighted by atomic mass is 15.1. The molecule has 0 bridgehead atoms. The van der Waals surface area contributed by atoms with E-state index in [1.807, 2.05) is 0 Å². The van der Waals surface area contributed by atoms with Crippen LogP contribution in [-0.4, -0.2) is 25.0 Å². The van der Waals surface area contributed by atoms with Crippen LogP contribution in [0.5, 0.6) is 0 Å². The van der Waals surface area contributed by atoms with Gasteiger partial charge in [0.25, 0.3) is 0 Å². The lowest BCUT2D eigenvalue weighted by molar-refractivity contribution is 0.246. The summed E-state index contributed by atoms with van der Waals surface area (Å²) in [7, 11) is 4.41. The van der Waals surface area contributed by atoms with E-state index in [0.29, 0.717) is 12.0 Å². The van der Waals surface area contributed by atoms with Crippen molar-refractivity contribution < 1.29 is 0 Å². The Bertz CT molecular complexity index is 488. The van der Waals surface area contributed by atoms with Gasteiger partial charge in [-0.2, -0.15) is 0 Å². The first-order valence-electron chi connectivity index (χ1n) is 6.93. The first kappa shape index (κ1) is 11.8. The molecule has 3 rings (SSSR count). The normalized spacial score (nSPS) is 25.4. The number of benzene rings is 1. The van der Waals surface area contributed by atoms with Crippen LogP contribution in [0.3, 0.4) is 0 Å². The van der Waals surface area contributed by atoms with Gasteiger partial charge in [0, 0.05) is 24.7 Å². The van der Waals surface area contributed by atoms with E-state index in [4.69, 9.17) is 0 Å². The van der Waals surface area contributed by atoms with Gasteiger partial charge in [0.2, 0.25) is 0 Å². The van der Waals surface area contributed by atoms with Gasteiger partial charge in [-0.25, -0.2) is 0 Å². The molecule has 0 amide bonds. The summed E-state index contributed by atoms with van der Waals surface area (Å²) in [5, 5.41) is 3.41. The molecule has 1 aromatic rings. The number of hydrogen-bond donors (Lipinski definition) is 1. The van der Waals surface area contributed by atoms with Crippen molar-refractivity contribution in [3.8, 4) is 0 Å². The molecule has 0 aromatic heterocycles. The van der Waals surface area contributed by atoms with E-state index in [1.165, 1.54) is 24.0 Å². The molecular formula is C16H22N2. The van der Waals surface area contributed by atoms with E-state index in [0.717, 1.165) is 6.54 Å². The lowest BCUT2D eigenvalue weighted by atomic mass is 9.73. The van der Waals surface area contributed by atoms with Crippen molar-refractivity contribution in [2.45, 2.75) is 38.3 Å². The Kier molecular flexibility index (Phi) is 2.90. The molecule has 1 aliphatic carbocycles. The molecule has 2 atom stereocenters. The molecule has 2 unspecified atom stereocenters. The lowest BCUT2D eigenvalue weighted by Crippen LogP contribution is -2.38. The van der Waals surface area contributed by atoms with Crippen LogP contribution >= 0.6 is 0 Å². The SMILES string of the molecule is CCC1c2cccc3c2C(=CNC3)CC1N(C)C. The summed E-state index contributed by atoms with van der Waals surface area (Å²) in [5.74, 6) is 0.671. The summed E-state index contributed by atoms with van der Waals surface area (Å²) in [5.41, 5.74) is 6.07. The fourth-order valence-corrected chi connectivity index (χ4v) is 3.59. The largest absolute Gasteiger partial charge is 0.387 e. The van der Waals surface area contributed by atoms with Crippen molar-refractivity contribution >= 4 is 5.57 Å². The van der Waals surface area contributed by atoms with Crippen molar-refractivity contribution in [2.24, 2.45) is 0 Å². The van der Waals surface area contributed by atoms with Gasteiger partial charge in [-0.05, 0) is 49.2 Å². The summed E-state index contributed by atoms with van der Waals surface area (Å²) < 4.78 is 0. The first-order valence-corrected chi connectivity index (χ1v) is 6.93. The summed E-state index contributed by atoms with van der Waals surface area (Å²) in [6.45, 7) is 3.30. The highest BCUT2D eigenvalue weighted by Gasteiger charge is 2.34. The molecule has 0 saturated heterocycles. The van der Waals surface area contributed by atoms with E-state index in [1.54, 1.807) is 11.1 Å². The Hall–Kier alpha value is -1.28. The molecule has 1 aromatic carbocycles. The predicted octanol–water partition coefficient (Wildman–Crippen LogP) is 2.96. The molecule has 1 N–H and O–H groups in total. The van der Waals surface area contributed by atoms with Crippen LogP contribution < -0.4 is 5.32 Å². The number of rotatable bonds is 2. The van der Waals surface area contributed by atoms with Gasteiger partial charge < -0.3 is 10.2 Å². The van der Waals surface area contributed by atoms with Crippen LogP contribution in [0.15, 0.2) is 24.4 Å². The smallest absolute Gasteiger partial charge is 0.0401 e. The zero-order valence-corrected chi connectivity index (χ0v) is 11.5. The quantitative estimate of drug-likeness (QED) is 0.857. The van der Waals surface area contributed by atoms with Crippen molar-refractivity contribution in [3.05, 3.63) is 41.1 Å². The topological polar surface area (TPSA) is 15.3 Å². The minimum atomic E-state index is 0.629. The second kappa shape index (κ2) is 4.43. The molecule has 0 saturated carbocycles. The maximum atomic E-state index is 3.41. The van der Waals surface area contributed by atoms with E-state index in [2.05, 4.69) is 55.6 Å². The van der Waals surface area contributed by atoms with Gasteiger partial charge in [-0.15, -0.1) is 0 Å². The number of nitrogens with zero attached hydrogens (tertiary/aromatic N) is 1. The molecule has 0 spiro atoms. The van der Waals surface area contributed by atoms with Crippen LogP contribution in [0, 0.1) is 0 Å². The van der Waals surface area contributed by atoms with Gasteiger partial charge in [0.1, 0.15) is 0 Å². The fraction of sp³-hybridized carbons (Fsp3) is 0.500. The third kappa shape index (κ3) is 1.67. The van der Waals surface area contributed by atoms with Gasteiger partial charge in [-0.1, -0.05) is 25.1 Å². The van der Waals surface area contributed by atoms with Gasteiger partial charge in [0.05, 0.1) is 0 Å². The molecule has 2 nitrogen and oxygen atoms in total. The summed E-state index contributed by atoms with van der Waals surface area (Å²) >= 11 is 0. The van der Waals surface area contributed by atoms with Gasteiger partial charge in [-0.3, -0.25) is 0 Å². The van der Waals surface area contributed by atoms with Crippen LogP contribution in [0.25, 0.3) is 5.57 Å². The Balaban J connectivity index is 2.15. The Labute approximate surface area is 110 Å².